The van der Waals surface area contributed by atoms with Crippen molar-refractivity contribution in [2.45, 2.75) is 6.92 Å². The Labute approximate surface area is 141 Å². The van der Waals surface area contributed by atoms with Crippen LogP contribution in [0.25, 0.3) is 0 Å². The number of aryl methyl sites for hydroxylation is 1. The molecule has 1 aliphatic heterocycles. The van der Waals surface area contributed by atoms with Crippen LogP contribution in [0.5, 0.6) is 0 Å². The Kier molecular flexibility index (Phi) is 3.47. The van der Waals surface area contributed by atoms with Gasteiger partial charge in [0.2, 0.25) is 0 Å². The van der Waals surface area contributed by atoms with Crippen LogP contribution in [-0.2, 0) is 0 Å². The SMILES string of the molecule is Cc1ccc2c(c1)N=[N+](c1ccccn1)C[N+]2(C)c1ccccc1. The van der Waals surface area contributed by atoms with E-state index < -0.39 is 0 Å². The van der Waals surface area contributed by atoms with Gasteiger partial charge in [0, 0.05) is 12.1 Å². The van der Waals surface area contributed by atoms with Crippen LogP contribution >= 0.6 is 0 Å². The zero-order valence-electron chi connectivity index (χ0n) is 13.9. The van der Waals surface area contributed by atoms with Gasteiger partial charge < -0.3 is 0 Å². The van der Waals surface area contributed by atoms with Crippen molar-refractivity contribution in [3.63, 3.8) is 0 Å². The highest BCUT2D eigenvalue weighted by Gasteiger charge is 2.39. The molecule has 0 bridgehead atoms. The monoisotopic (exact) mass is 316 g/mol. The van der Waals surface area contributed by atoms with Crippen molar-refractivity contribution in [1.29, 1.82) is 0 Å². The van der Waals surface area contributed by atoms with Gasteiger partial charge in [0.05, 0.1) is 7.05 Å². The van der Waals surface area contributed by atoms with E-state index in [-0.39, 0.29) is 0 Å². The van der Waals surface area contributed by atoms with Crippen molar-refractivity contribution in [2.75, 3.05) is 13.7 Å². The third-order valence-electron chi connectivity index (χ3n) is 4.55. The molecule has 4 rings (SSSR count). The Hall–Kier alpha value is -2.85. The number of azo groups is 2. The number of fused-ring (bicyclic) bond motifs is 1. The van der Waals surface area contributed by atoms with Crippen molar-refractivity contribution in [3.8, 4) is 0 Å². The molecule has 0 amide bonds. The highest BCUT2D eigenvalue weighted by molar-refractivity contribution is 5.71. The normalized spacial score (nSPS) is 19.5. The minimum Gasteiger partial charge on any atom is -0.222 e. The minimum atomic E-state index is 0.663. The quantitative estimate of drug-likeness (QED) is 0.480. The fraction of sp³-hybridized carbons (Fsp3) is 0.150. The molecule has 2 heterocycles. The molecular weight excluding hydrogens is 296 g/mol. The molecule has 1 unspecified atom stereocenters. The maximum Gasteiger partial charge on any atom is 0.348 e. The van der Waals surface area contributed by atoms with Crippen molar-refractivity contribution in [3.05, 3.63) is 78.5 Å². The number of hydrogen-bond donors (Lipinski definition) is 0. The highest BCUT2D eigenvalue weighted by atomic mass is 15.5. The lowest BCUT2D eigenvalue weighted by Crippen LogP contribution is -2.46. The fourth-order valence-corrected chi connectivity index (χ4v) is 3.24. The first-order chi connectivity index (χ1) is 11.7. The lowest BCUT2D eigenvalue weighted by Gasteiger charge is -2.34. The van der Waals surface area contributed by atoms with Crippen LogP contribution in [0.2, 0.25) is 0 Å². The van der Waals surface area contributed by atoms with Crippen molar-refractivity contribution in [2.24, 2.45) is 5.11 Å². The second-order valence-electron chi connectivity index (χ2n) is 6.35. The van der Waals surface area contributed by atoms with E-state index in [0.717, 1.165) is 11.5 Å². The summed E-state index contributed by atoms with van der Waals surface area (Å²) in [7, 11) is 2.23. The largest absolute Gasteiger partial charge is 0.348 e. The summed E-state index contributed by atoms with van der Waals surface area (Å²) in [4.78, 5) is 4.48. The van der Waals surface area contributed by atoms with Crippen molar-refractivity contribution >= 4 is 22.9 Å². The summed E-state index contributed by atoms with van der Waals surface area (Å²) in [6.45, 7) is 2.81. The van der Waals surface area contributed by atoms with Gasteiger partial charge in [0.25, 0.3) is 6.67 Å². The molecular formula is C20H20N4+2. The van der Waals surface area contributed by atoms with Crippen LogP contribution in [0.4, 0.5) is 22.9 Å². The van der Waals surface area contributed by atoms with E-state index in [9.17, 15) is 0 Å². The summed E-state index contributed by atoms with van der Waals surface area (Å²) in [6, 6.07) is 23.0. The number of quaternary nitrogens is 1. The molecule has 1 aliphatic rings. The molecule has 4 heteroatoms. The van der Waals surface area contributed by atoms with Crippen LogP contribution in [0.15, 0.2) is 78.0 Å². The maximum atomic E-state index is 4.85. The lowest BCUT2D eigenvalue weighted by molar-refractivity contribution is -0.530. The Morgan fingerprint density at radius 1 is 0.958 bits per heavy atom. The van der Waals surface area contributed by atoms with Gasteiger partial charge in [-0.15, -0.1) is 0 Å². The highest BCUT2D eigenvalue weighted by Crippen LogP contribution is 2.43. The molecule has 0 aliphatic carbocycles. The van der Waals surface area contributed by atoms with E-state index in [4.69, 9.17) is 5.11 Å². The first-order valence-corrected chi connectivity index (χ1v) is 8.09. The van der Waals surface area contributed by atoms with E-state index in [0.29, 0.717) is 11.2 Å². The van der Waals surface area contributed by atoms with Crippen LogP contribution in [0.3, 0.4) is 0 Å². The van der Waals surface area contributed by atoms with Crippen molar-refractivity contribution < 1.29 is 4.70 Å². The van der Waals surface area contributed by atoms with Crippen LogP contribution in [-0.4, -0.2) is 23.4 Å². The van der Waals surface area contributed by atoms with Gasteiger partial charge in [-0.2, -0.15) is 0 Å². The third-order valence-corrected chi connectivity index (χ3v) is 4.55. The van der Waals surface area contributed by atoms with E-state index >= 15 is 0 Å². The average Bonchev–Trinajstić information content (AvgIpc) is 2.63. The number of benzene rings is 2. The molecule has 118 valence electrons. The molecule has 0 spiro atoms. The van der Waals surface area contributed by atoms with Gasteiger partial charge in [0.15, 0.2) is 11.4 Å². The number of pyridine rings is 1. The summed E-state index contributed by atoms with van der Waals surface area (Å²) in [5.74, 6) is 0.866. The zero-order valence-corrected chi connectivity index (χ0v) is 13.9. The van der Waals surface area contributed by atoms with Gasteiger partial charge in [-0.05, 0) is 41.7 Å². The fourth-order valence-electron chi connectivity index (χ4n) is 3.24. The molecule has 3 aromatic rings. The maximum absolute atomic E-state index is 4.85. The van der Waals surface area contributed by atoms with E-state index in [1.54, 1.807) is 0 Å². The van der Waals surface area contributed by atoms with E-state index in [1.807, 2.05) is 29.1 Å². The van der Waals surface area contributed by atoms with Gasteiger partial charge >= 0.3 is 5.82 Å². The first kappa shape index (κ1) is 14.7. The Bertz CT molecular complexity index is 903. The molecule has 0 saturated carbocycles. The number of rotatable bonds is 2. The average molecular weight is 316 g/mol. The number of aromatic nitrogens is 1. The molecule has 0 saturated heterocycles. The van der Waals surface area contributed by atoms with Crippen LogP contribution in [0.1, 0.15) is 5.56 Å². The summed E-state index contributed by atoms with van der Waals surface area (Å²) in [6.07, 6.45) is 1.81. The van der Waals surface area contributed by atoms with Crippen LogP contribution < -0.4 is 4.48 Å². The van der Waals surface area contributed by atoms with Gasteiger partial charge in [0.1, 0.15) is 11.9 Å². The zero-order chi connectivity index (χ0) is 16.6. The topological polar surface area (TPSA) is 28.3 Å². The number of hydrogen-bond acceptors (Lipinski definition) is 2. The predicted molar refractivity (Wildman–Crippen MR) is 96.1 cm³/mol. The Balaban J connectivity index is 1.93. The minimum absolute atomic E-state index is 0.663. The summed E-state index contributed by atoms with van der Waals surface area (Å²) in [5.41, 5.74) is 4.65. The summed E-state index contributed by atoms with van der Waals surface area (Å²) < 4.78 is 2.66. The molecule has 2 aromatic carbocycles. The Morgan fingerprint density at radius 2 is 1.75 bits per heavy atom. The second-order valence-corrected chi connectivity index (χ2v) is 6.35. The smallest absolute Gasteiger partial charge is 0.222 e. The summed E-state index contributed by atoms with van der Waals surface area (Å²) in [5, 5.41) is 4.85. The predicted octanol–water partition coefficient (Wildman–Crippen LogP) is 5.06. The molecule has 1 atom stereocenters. The molecule has 4 nitrogen and oxygen atoms in total. The van der Waals surface area contributed by atoms with Crippen molar-refractivity contribution in [1.82, 2.24) is 9.47 Å². The summed E-state index contributed by atoms with van der Waals surface area (Å²) >= 11 is 0. The third kappa shape index (κ3) is 2.41. The van der Waals surface area contributed by atoms with E-state index in [2.05, 4.69) is 67.5 Å². The lowest BCUT2D eigenvalue weighted by atomic mass is 10.1. The van der Waals surface area contributed by atoms with Gasteiger partial charge in [-0.3, -0.25) is 0 Å². The molecule has 24 heavy (non-hydrogen) atoms. The first-order valence-electron chi connectivity index (χ1n) is 8.09. The molecule has 0 N–H and O–H groups in total. The Morgan fingerprint density at radius 3 is 2.50 bits per heavy atom. The van der Waals surface area contributed by atoms with Gasteiger partial charge in [-0.25, -0.2) is 4.48 Å². The van der Waals surface area contributed by atoms with Crippen LogP contribution in [0, 0.1) is 6.92 Å². The second kappa shape index (κ2) is 5.65. The number of nitrogens with zero attached hydrogens (tertiary/aromatic N) is 4. The molecule has 0 fully saturated rings. The number of para-hydroxylation sites is 1. The molecule has 0 radical (unpaired) electrons. The standard InChI is InChI=1S/C20H20N4/c1-16-11-12-19-18(14-16)22-23(20-10-6-7-13-21-20)15-24(19,2)17-8-4-3-5-9-17/h3-14H,15H2,1-2H3/q+2. The molecule has 1 aromatic heterocycles. The van der Waals surface area contributed by atoms with Gasteiger partial charge in [-0.1, -0.05) is 40.1 Å². The van der Waals surface area contributed by atoms with E-state index in [1.165, 1.54) is 16.9 Å².